The first-order valence-electron chi connectivity index (χ1n) is 5.41. The number of aliphatic hydroxyl groups is 1. The van der Waals surface area contributed by atoms with Crippen molar-refractivity contribution in [1.29, 1.82) is 0 Å². The Bertz CT molecular complexity index is 471. The SMILES string of the molecule is CCc1ccc(-c2nc(CO)c(C)o2)cc1. The summed E-state index contributed by atoms with van der Waals surface area (Å²) in [5.74, 6) is 1.25. The third-order valence-electron chi connectivity index (χ3n) is 2.65. The van der Waals surface area contributed by atoms with E-state index in [0.29, 0.717) is 17.3 Å². The van der Waals surface area contributed by atoms with Gasteiger partial charge in [-0.2, -0.15) is 0 Å². The number of aromatic nitrogens is 1. The highest BCUT2D eigenvalue weighted by molar-refractivity contribution is 5.54. The molecule has 0 fully saturated rings. The number of aryl methyl sites for hydroxylation is 2. The van der Waals surface area contributed by atoms with Crippen LogP contribution in [0.5, 0.6) is 0 Å². The van der Waals surface area contributed by atoms with Gasteiger partial charge in [-0.15, -0.1) is 0 Å². The molecule has 0 aliphatic rings. The molecule has 0 saturated carbocycles. The summed E-state index contributed by atoms with van der Waals surface area (Å²) in [6.07, 6.45) is 1.02. The second-order valence-electron chi connectivity index (χ2n) is 3.73. The standard InChI is InChI=1S/C13H15NO2/c1-3-10-4-6-11(7-5-10)13-14-12(8-15)9(2)16-13/h4-7,15H,3,8H2,1-2H3. The predicted octanol–water partition coefficient (Wildman–Crippen LogP) is 2.70. The fourth-order valence-electron chi connectivity index (χ4n) is 1.58. The van der Waals surface area contributed by atoms with Gasteiger partial charge in [0.1, 0.15) is 11.5 Å². The number of oxazole rings is 1. The highest BCUT2D eigenvalue weighted by Gasteiger charge is 2.09. The lowest BCUT2D eigenvalue weighted by atomic mass is 10.1. The van der Waals surface area contributed by atoms with Crippen LogP contribution in [0, 0.1) is 6.92 Å². The Labute approximate surface area is 94.8 Å². The van der Waals surface area contributed by atoms with Crippen LogP contribution in [0.3, 0.4) is 0 Å². The number of hydrogen-bond acceptors (Lipinski definition) is 3. The van der Waals surface area contributed by atoms with Gasteiger partial charge in [0.05, 0.1) is 6.61 Å². The smallest absolute Gasteiger partial charge is 0.226 e. The minimum Gasteiger partial charge on any atom is -0.441 e. The van der Waals surface area contributed by atoms with Crippen LogP contribution in [0.25, 0.3) is 11.5 Å². The molecule has 3 nitrogen and oxygen atoms in total. The molecule has 2 aromatic rings. The summed E-state index contributed by atoms with van der Waals surface area (Å²) in [5.41, 5.74) is 2.84. The van der Waals surface area contributed by atoms with Gasteiger partial charge in [-0.05, 0) is 31.0 Å². The molecule has 16 heavy (non-hydrogen) atoms. The first-order valence-corrected chi connectivity index (χ1v) is 5.41. The Morgan fingerprint density at radius 1 is 1.25 bits per heavy atom. The molecular weight excluding hydrogens is 202 g/mol. The van der Waals surface area contributed by atoms with Crippen LogP contribution in [0.1, 0.15) is 23.9 Å². The highest BCUT2D eigenvalue weighted by Crippen LogP contribution is 2.22. The summed E-state index contributed by atoms with van der Waals surface area (Å²) in [6.45, 7) is 3.85. The van der Waals surface area contributed by atoms with Crippen LogP contribution in [-0.2, 0) is 13.0 Å². The quantitative estimate of drug-likeness (QED) is 0.859. The lowest BCUT2D eigenvalue weighted by molar-refractivity contribution is 0.275. The van der Waals surface area contributed by atoms with E-state index in [4.69, 9.17) is 9.52 Å². The van der Waals surface area contributed by atoms with E-state index < -0.39 is 0 Å². The third-order valence-corrected chi connectivity index (χ3v) is 2.65. The molecule has 1 heterocycles. The summed E-state index contributed by atoms with van der Waals surface area (Å²) in [4.78, 5) is 4.24. The van der Waals surface area contributed by atoms with Crippen molar-refractivity contribution in [3.8, 4) is 11.5 Å². The highest BCUT2D eigenvalue weighted by atomic mass is 16.4. The Morgan fingerprint density at radius 2 is 1.94 bits per heavy atom. The molecule has 2 rings (SSSR count). The molecule has 0 atom stereocenters. The first-order chi connectivity index (χ1) is 7.74. The van der Waals surface area contributed by atoms with Gasteiger partial charge in [0, 0.05) is 5.56 Å². The summed E-state index contributed by atoms with van der Waals surface area (Å²) in [6, 6.07) is 8.11. The molecule has 0 saturated heterocycles. The minimum absolute atomic E-state index is 0.0810. The van der Waals surface area contributed by atoms with Crippen molar-refractivity contribution in [2.75, 3.05) is 0 Å². The Balaban J connectivity index is 2.34. The second-order valence-corrected chi connectivity index (χ2v) is 3.73. The van der Waals surface area contributed by atoms with Gasteiger partial charge in [0.15, 0.2) is 0 Å². The fourth-order valence-corrected chi connectivity index (χ4v) is 1.58. The van der Waals surface area contributed by atoms with E-state index in [0.717, 1.165) is 12.0 Å². The Morgan fingerprint density at radius 3 is 2.44 bits per heavy atom. The average Bonchev–Trinajstić information content (AvgIpc) is 2.71. The maximum absolute atomic E-state index is 9.04. The summed E-state index contributed by atoms with van der Waals surface area (Å²) < 4.78 is 5.49. The number of nitrogens with zero attached hydrogens (tertiary/aromatic N) is 1. The minimum atomic E-state index is -0.0810. The van der Waals surface area contributed by atoms with Crippen molar-refractivity contribution < 1.29 is 9.52 Å². The molecule has 1 aromatic heterocycles. The van der Waals surface area contributed by atoms with E-state index >= 15 is 0 Å². The van der Waals surface area contributed by atoms with Crippen molar-refractivity contribution in [3.63, 3.8) is 0 Å². The molecule has 0 amide bonds. The zero-order valence-corrected chi connectivity index (χ0v) is 9.53. The molecule has 0 bridgehead atoms. The molecule has 0 unspecified atom stereocenters. The van der Waals surface area contributed by atoms with Crippen molar-refractivity contribution in [3.05, 3.63) is 41.3 Å². The monoisotopic (exact) mass is 217 g/mol. The van der Waals surface area contributed by atoms with Crippen molar-refractivity contribution in [2.45, 2.75) is 26.9 Å². The predicted molar refractivity (Wildman–Crippen MR) is 62.0 cm³/mol. The number of hydrogen-bond donors (Lipinski definition) is 1. The van der Waals surface area contributed by atoms with Gasteiger partial charge < -0.3 is 9.52 Å². The molecule has 1 N–H and O–H groups in total. The maximum atomic E-state index is 9.04. The number of benzene rings is 1. The van der Waals surface area contributed by atoms with Crippen LogP contribution >= 0.6 is 0 Å². The van der Waals surface area contributed by atoms with E-state index in [-0.39, 0.29) is 6.61 Å². The summed E-state index contributed by atoms with van der Waals surface area (Å²) in [5, 5.41) is 9.04. The molecule has 0 aliphatic carbocycles. The molecule has 84 valence electrons. The lowest BCUT2D eigenvalue weighted by Crippen LogP contribution is -1.85. The number of aliphatic hydroxyl groups excluding tert-OH is 1. The van der Waals surface area contributed by atoms with E-state index in [1.807, 2.05) is 19.1 Å². The van der Waals surface area contributed by atoms with Crippen molar-refractivity contribution >= 4 is 0 Å². The molecule has 0 spiro atoms. The lowest BCUT2D eigenvalue weighted by Gasteiger charge is -1.97. The van der Waals surface area contributed by atoms with Gasteiger partial charge in [-0.3, -0.25) is 0 Å². The summed E-state index contributed by atoms with van der Waals surface area (Å²) >= 11 is 0. The normalized spacial score (nSPS) is 10.7. The molecule has 0 radical (unpaired) electrons. The van der Waals surface area contributed by atoms with E-state index in [9.17, 15) is 0 Å². The van der Waals surface area contributed by atoms with Crippen molar-refractivity contribution in [1.82, 2.24) is 4.98 Å². The Hall–Kier alpha value is -1.61. The van der Waals surface area contributed by atoms with Gasteiger partial charge in [0.2, 0.25) is 5.89 Å². The molecule has 0 aliphatic heterocycles. The van der Waals surface area contributed by atoms with Crippen LogP contribution < -0.4 is 0 Å². The van der Waals surface area contributed by atoms with Crippen LogP contribution in [-0.4, -0.2) is 10.1 Å². The van der Waals surface area contributed by atoms with Crippen LogP contribution in [0.15, 0.2) is 28.7 Å². The molecule has 3 heteroatoms. The van der Waals surface area contributed by atoms with E-state index in [2.05, 4.69) is 24.0 Å². The number of rotatable bonds is 3. The topological polar surface area (TPSA) is 46.3 Å². The average molecular weight is 217 g/mol. The molecule has 1 aromatic carbocycles. The maximum Gasteiger partial charge on any atom is 0.226 e. The van der Waals surface area contributed by atoms with E-state index in [1.54, 1.807) is 0 Å². The summed E-state index contributed by atoms with van der Waals surface area (Å²) in [7, 11) is 0. The van der Waals surface area contributed by atoms with Gasteiger partial charge >= 0.3 is 0 Å². The third kappa shape index (κ3) is 1.99. The fraction of sp³-hybridized carbons (Fsp3) is 0.308. The van der Waals surface area contributed by atoms with Crippen LogP contribution in [0.2, 0.25) is 0 Å². The Kier molecular flexibility index (Phi) is 3.06. The van der Waals surface area contributed by atoms with Gasteiger partial charge in [0.25, 0.3) is 0 Å². The van der Waals surface area contributed by atoms with Gasteiger partial charge in [-0.1, -0.05) is 19.1 Å². The largest absolute Gasteiger partial charge is 0.441 e. The first kappa shape index (κ1) is 10.9. The van der Waals surface area contributed by atoms with Crippen molar-refractivity contribution in [2.24, 2.45) is 0 Å². The molecular formula is C13H15NO2. The van der Waals surface area contributed by atoms with Crippen LogP contribution in [0.4, 0.5) is 0 Å². The van der Waals surface area contributed by atoms with E-state index in [1.165, 1.54) is 5.56 Å². The van der Waals surface area contributed by atoms with Gasteiger partial charge in [-0.25, -0.2) is 4.98 Å². The zero-order chi connectivity index (χ0) is 11.5. The second kappa shape index (κ2) is 4.49. The zero-order valence-electron chi connectivity index (χ0n) is 9.53.